The molecule has 0 spiro atoms. The van der Waals surface area contributed by atoms with Gasteiger partial charge in [-0.05, 0) is 0 Å². The van der Waals surface area contributed by atoms with Gasteiger partial charge in [0.25, 0.3) is 0 Å². The molecular weight excluding hydrogens is 308 g/mol. The lowest BCUT2D eigenvalue weighted by Gasteiger charge is -2.28. The fraction of sp³-hybridized carbons (Fsp3) is 0.400. The van der Waals surface area contributed by atoms with Gasteiger partial charge in [0.2, 0.25) is 0 Å². The summed E-state index contributed by atoms with van der Waals surface area (Å²) >= 11 is 2.31. The smallest absolute Gasteiger partial charge is 0.118 e. The van der Waals surface area contributed by atoms with Gasteiger partial charge in [0.15, 0.2) is 0 Å². The van der Waals surface area contributed by atoms with Gasteiger partial charge >= 0.3 is 0 Å². The third-order valence-corrected chi connectivity index (χ3v) is 6.68. The minimum Gasteiger partial charge on any atom is -0.319 e. The summed E-state index contributed by atoms with van der Waals surface area (Å²) in [6.07, 6.45) is 1.67. The molecule has 1 saturated heterocycles. The van der Waals surface area contributed by atoms with Gasteiger partial charge in [-0.3, -0.25) is 0 Å². The Kier molecular flexibility index (Phi) is 3.30. The highest BCUT2D eigenvalue weighted by molar-refractivity contribution is 14.1. The Balaban J connectivity index is 2.22. The molecular formula is C10H13INOP. The average molecular weight is 321 g/mol. The first kappa shape index (κ1) is 10.7. The molecule has 76 valence electrons. The minimum absolute atomic E-state index is 0.833. The molecule has 0 unspecified atom stereocenters. The van der Waals surface area contributed by atoms with E-state index >= 15 is 0 Å². The first-order valence-electron chi connectivity index (χ1n) is 4.75. The number of nitrogens with zero attached hydrogens (tertiary/aromatic N) is 1. The molecule has 0 atom stereocenters. The Morgan fingerprint density at radius 3 is 2.29 bits per heavy atom. The molecule has 1 aromatic carbocycles. The van der Waals surface area contributed by atoms with E-state index in [0.29, 0.717) is 0 Å². The maximum absolute atomic E-state index is 12.6. The Hall–Kier alpha value is 0.140. The highest BCUT2D eigenvalue weighted by Gasteiger charge is 2.29. The molecule has 0 saturated carbocycles. The predicted molar refractivity (Wildman–Crippen MR) is 69.0 cm³/mol. The Bertz CT molecular complexity index is 342. The van der Waals surface area contributed by atoms with Gasteiger partial charge in [-0.1, -0.05) is 30.3 Å². The van der Waals surface area contributed by atoms with Crippen LogP contribution in [-0.4, -0.2) is 28.5 Å². The fourth-order valence-electron chi connectivity index (χ4n) is 1.72. The first-order chi connectivity index (χ1) is 6.71. The van der Waals surface area contributed by atoms with Crippen LogP contribution in [0.2, 0.25) is 0 Å². The number of benzene rings is 1. The molecule has 14 heavy (non-hydrogen) atoms. The van der Waals surface area contributed by atoms with E-state index in [1.807, 2.05) is 30.3 Å². The largest absolute Gasteiger partial charge is 0.319 e. The average Bonchev–Trinajstić information content (AvgIpc) is 2.24. The minimum atomic E-state index is -2.05. The van der Waals surface area contributed by atoms with E-state index in [0.717, 1.165) is 30.7 Å². The number of hydrogen-bond donors (Lipinski definition) is 0. The Morgan fingerprint density at radius 2 is 1.71 bits per heavy atom. The number of hydrogen-bond acceptors (Lipinski definition) is 2. The van der Waals surface area contributed by atoms with Gasteiger partial charge in [-0.15, -0.1) is 0 Å². The lowest BCUT2D eigenvalue weighted by Crippen LogP contribution is -2.30. The molecule has 1 aliphatic rings. The quantitative estimate of drug-likeness (QED) is 0.450. The van der Waals surface area contributed by atoms with E-state index in [9.17, 15) is 4.57 Å². The van der Waals surface area contributed by atoms with E-state index in [1.54, 1.807) is 0 Å². The van der Waals surface area contributed by atoms with Crippen molar-refractivity contribution < 1.29 is 4.57 Å². The highest BCUT2D eigenvalue weighted by Crippen LogP contribution is 2.46. The van der Waals surface area contributed by atoms with Crippen LogP contribution in [0.15, 0.2) is 30.3 Å². The van der Waals surface area contributed by atoms with Crippen molar-refractivity contribution in [2.24, 2.45) is 0 Å². The zero-order chi connectivity index (χ0) is 10.0. The van der Waals surface area contributed by atoms with Crippen LogP contribution < -0.4 is 5.30 Å². The summed E-state index contributed by atoms with van der Waals surface area (Å²) in [5.74, 6) is 0. The van der Waals surface area contributed by atoms with Crippen LogP contribution in [0.5, 0.6) is 0 Å². The number of halogens is 1. The van der Waals surface area contributed by atoms with Crippen molar-refractivity contribution in [2.75, 3.05) is 25.4 Å². The summed E-state index contributed by atoms with van der Waals surface area (Å²) in [7, 11) is -2.05. The van der Waals surface area contributed by atoms with Crippen molar-refractivity contribution in [2.45, 2.75) is 0 Å². The van der Waals surface area contributed by atoms with Crippen LogP contribution in [0.1, 0.15) is 0 Å². The molecule has 1 aliphatic heterocycles. The van der Waals surface area contributed by atoms with Gasteiger partial charge in [0.1, 0.15) is 7.14 Å². The molecule has 1 heterocycles. The van der Waals surface area contributed by atoms with E-state index in [4.69, 9.17) is 0 Å². The zero-order valence-electron chi connectivity index (χ0n) is 7.90. The summed E-state index contributed by atoms with van der Waals surface area (Å²) in [5, 5.41) is 1.06. The maximum Gasteiger partial charge on any atom is 0.118 e. The van der Waals surface area contributed by atoms with Crippen LogP contribution in [0.25, 0.3) is 0 Å². The zero-order valence-corrected chi connectivity index (χ0v) is 10.9. The predicted octanol–water partition coefficient (Wildman–Crippen LogP) is 2.34. The molecule has 2 rings (SSSR count). The van der Waals surface area contributed by atoms with Crippen molar-refractivity contribution >= 4 is 35.3 Å². The second-order valence-corrected chi connectivity index (χ2v) is 8.14. The van der Waals surface area contributed by atoms with Crippen LogP contribution in [-0.2, 0) is 4.57 Å². The molecule has 0 bridgehead atoms. The molecule has 0 amide bonds. The molecule has 1 fully saturated rings. The Morgan fingerprint density at radius 1 is 1.14 bits per heavy atom. The molecule has 0 aliphatic carbocycles. The molecule has 0 N–H and O–H groups in total. The van der Waals surface area contributed by atoms with Crippen molar-refractivity contribution in [3.63, 3.8) is 0 Å². The maximum atomic E-state index is 12.6. The van der Waals surface area contributed by atoms with Gasteiger partial charge in [0.05, 0.1) is 0 Å². The van der Waals surface area contributed by atoms with E-state index in [1.165, 1.54) is 0 Å². The molecule has 2 nitrogen and oxygen atoms in total. The second kappa shape index (κ2) is 4.33. The van der Waals surface area contributed by atoms with Crippen LogP contribution in [0.4, 0.5) is 0 Å². The van der Waals surface area contributed by atoms with E-state index in [2.05, 4.69) is 26.0 Å². The summed E-state index contributed by atoms with van der Waals surface area (Å²) in [6, 6.07) is 9.94. The molecule has 1 aromatic rings. The lowest BCUT2D eigenvalue weighted by molar-refractivity contribution is 0.519. The summed E-state index contributed by atoms with van der Waals surface area (Å²) in [5.41, 5.74) is 0. The standard InChI is InChI=1S/C10H13INOP/c11-12-6-8-14(13,9-7-12)10-4-2-1-3-5-10/h1-5H,6-9H2. The number of rotatable bonds is 1. The van der Waals surface area contributed by atoms with Crippen LogP contribution in [0, 0.1) is 0 Å². The third-order valence-electron chi connectivity index (χ3n) is 2.63. The van der Waals surface area contributed by atoms with E-state index < -0.39 is 7.14 Å². The van der Waals surface area contributed by atoms with Crippen molar-refractivity contribution in [3.05, 3.63) is 30.3 Å². The van der Waals surface area contributed by atoms with Crippen molar-refractivity contribution in [1.29, 1.82) is 0 Å². The highest BCUT2D eigenvalue weighted by atomic mass is 127. The van der Waals surface area contributed by atoms with Gasteiger partial charge in [-0.25, -0.2) is 3.11 Å². The fourth-order valence-corrected chi connectivity index (χ4v) is 5.55. The monoisotopic (exact) mass is 321 g/mol. The topological polar surface area (TPSA) is 20.3 Å². The summed E-state index contributed by atoms with van der Waals surface area (Å²) in [6.45, 7) is 1.90. The van der Waals surface area contributed by atoms with Gasteiger partial charge in [0, 0.05) is 53.6 Å². The molecule has 0 aromatic heterocycles. The van der Waals surface area contributed by atoms with Crippen molar-refractivity contribution in [1.82, 2.24) is 3.11 Å². The van der Waals surface area contributed by atoms with Gasteiger partial charge in [-0.2, -0.15) is 0 Å². The Labute approximate surface area is 98.6 Å². The normalized spacial score (nSPS) is 22.1. The lowest BCUT2D eigenvalue weighted by atomic mass is 10.4. The van der Waals surface area contributed by atoms with E-state index in [-0.39, 0.29) is 0 Å². The van der Waals surface area contributed by atoms with Crippen LogP contribution in [0.3, 0.4) is 0 Å². The molecule has 4 heteroatoms. The van der Waals surface area contributed by atoms with Crippen LogP contribution >= 0.6 is 30.0 Å². The van der Waals surface area contributed by atoms with Crippen molar-refractivity contribution in [3.8, 4) is 0 Å². The SMILES string of the molecule is O=P1(c2ccccc2)CCN(I)CC1. The summed E-state index contributed by atoms with van der Waals surface area (Å²) in [4.78, 5) is 0. The molecule has 0 radical (unpaired) electrons. The second-order valence-electron chi connectivity index (χ2n) is 3.58. The summed E-state index contributed by atoms with van der Waals surface area (Å²) < 4.78 is 14.8. The third kappa shape index (κ3) is 2.20. The first-order valence-corrected chi connectivity index (χ1v) is 7.79. The van der Waals surface area contributed by atoms with Gasteiger partial charge < -0.3 is 4.57 Å².